The van der Waals surface area contributed by atoms with E-state index in [1.165, 1.54) is 23.5 Å². The number of thiazole rings is 1. The Hall–Kier alpha value is -3.74. The summed E-state index contributed by atoms with van der Waals surface area (Å²) in [5, 5.41) is 0. The number of hydrogen-bond acceptors (Lipinski definition) is 7. The van der Waals surface area contributed by atoms with Gasteiger partial charge in [0.15, 0.2) is 16.3 Å². The number of carbonyl (C=O) groups excluding carboxylic acids is 1. The van der Waals surface area contributed by atoms with Crippen LogP contribution in [0.2, 0.25) is 0 Å². The van der Waals surface area contributed by atoms with Crippen molar-refractivity contribution < 1.29 is 31.8 Å². The Morgan fingerprint density at radius 2 is 1.76 bits per heavy atom. The quantitative estimate of drug-likeness (QED) is 0.288. The SMILES string of the molecule is CCOCCn1c(=NC(=O)c2cccc(NS(=O)(=O)c3ccc(F)cc3)c2)sc2cc(OC)c(OC)cc21. The number of rotatable bonds is 10. The number of aromatic nitrogens is 1. The monoisotopic (exact) mass is 559 g/mol. The fourth-order valence-electron chi connectivity index (χ4n) is 3.69. The van der Waals surface area contributed by atoms with Crippen LogP contribution in [0.4, 0.5) is 10.1 Å². The number of anilines is 1. The van der Waals surface area contributed by atoms with Crippen LogP contribution in [0.5, 0.6) is 11.5 Å². The molecule has 12 heteroatoms. The van der Waals surface area contributed by atoms with Crippen LogP contribution in [-0.2, 0) is 21.3 Å². The predicted molar refractivity (Wildman–Crippen MR) is 143 cm³/mol. The molecule has 200 valence electrons. The lowest BCUT2D eigenvalue weighted by Crippen LogP contribution is -2.20. The molecular weight excluding hydrogens is 533 g/mol. The Bertz CT molecular complexity index is 1630. The second-order valence-corrected chi connectivity index (χ2v) is 10.7. The van der Waals surface area contributed by atoms with Crippen molar-refractivity contribution in [2.45, 2.75) is 18.4 Å². The number of benzene rings is 3. The van der Waals surface area contributed by atoms with Gasteiger partial charge in [-0.2, -0.15) is 4.99 Å². The van der Waals surface area contributed by atoms with Gasteiger partial charge in [0.25, 0.3) is 15.9 Å². The lowest BCUT2D eigenvalue weighted by Gasteiger charge is -2.10. The van der Waals surface area contributed by atoms with Crippen molar-refractivity contribution >= 4 is 43.2 Å². The second-order valence-electron chi connectivity index (χ2n) is 7.97. The fourth-order valence-corrected chi connectivity index (χ4v) is 5.81. The third-order valence-corrected chi connectivity index (χ3v) is 7.97. The van der Waals surface area contributed by atoms with E-state index in [-0.39, 0.29) is 16.1 Å². The van der Waals surface area contributed by atoms with Gasteiger partial charge in [0.1, 0.15) is 5.82 Å². The van der Waals surface area contributed by atoms with Gasteiger partial charge in [0, 0.05) is 36.5 Å². The first-order valence-corrected chi connectivity index (χ1v) is 13.9. The van der Waals surface area contributed by atoms with E-state index in [1.54, 1.807) is 26.4 Å². The molecule has 1 N–H and O–H groups in total. The van der Waals surface area contributed by atoms with Gasteiger partial charge in [-0.3, -0.25) is 9.52 Å². The predicted octanol–water partition coefficient (Wildman–Crippen LogP) is 4.44. The summed E-state index contributed by atoms with van der Waals surface area (Å²) in [6.07, 6.45) is 0. The maximum absolute atomic E-state index is 13.2. The Kier molecular flexibility index (Phi) is 8.45. The average Bonchev–Trinajstić information content (AvgIpc) is 3.23. The lowest BCUT2D eigenvalue weighted by molar-refractivity contribution is 0.0996. The second kappa shape index (κ2) is 11.8. The van der Waals surface area contributed by atoms with Crippen molar-refractivity contribution in [2.75, 3.05) is 32.2 Å². The van der Waals surface area contributed by atoms with Crippen molar-refractivity contribution in [1.82, 2.24) is 4.57 Å². The molecule has 0 spiro atoms. The maximum Gasteiger partial charge on any atom is 0.279 e. The van der Waals surface area contributed by atoms with E-state index in [4.69, 9.17) is 14.2 Å². The van der Waals surface area contributed by atoms with Crippen molar-refractivity contribution in [3.8, 4) is 11.5 Å². The van der Waals surface area contributed by atoms with E-state index in [0.29, 0.717) is 36.1 Å². The number of ether oxygens (including phenoxy) is 3. The van der Waals surface area contributed by atoms with Crippen LogP contribution in [-0.4, -0.2) is 46.3 Å². The molecule has 0 bridgehead atoms. The summed E-state index contributed by atoms with van der Waals surface area (Å²) >= 11 is 1.31. The highest BCUT2D eigenvalue weighted by molar-refractivity contribution is 7.92. The first kappa shape index (κ1) is 27.3. The number of nitrogens with zero attached hydrogens (tertiary/aromatic N) is 2. The largest absolute Gasteiger partial charge is 0.493 e. The van der Waals surface area contributed by atoms with E-state index in [9.17, 15) is 17.6 Å². The Labute approximate surface area is 223 Å². The van der Waals surface area contributed by atoms with Crippen LogP contribution in [0.15, 0.2) is 70.6 Å². The molecule has 0 radical (unpaired) electrons. The minimum absolute atomic E-state index is 0.105. The molecule has 38 heavy (non-hydrogen) atoms. The van der Waals surface area contributed by atoms with Gasteiger partial charge in [-0.15, -0.1) is 0 Å². The molecule has 0 saturated carbocycles. The summed E-state index contributed by atoms with van der Waals surface area (Å²) in [6.45, 7) is 3.31. The molecule has 4 rings (SSSR count). The normalized spacial score (nSPS) is 12.1. The van der Waals surface area contributed by atoms with E-state index in [0.717, 1.165) is 34.5 Å². The topological polar surface area (TPSA) is 108 Å². The van der Waals surface area contributed by atoms with Crippen LogP contribution in [0.1, 0.15) is 17.3 Å². The Balaban J connectivity index is 1.70. The van der Waals surface area contributed by atoms with Crippen LogP contribution in [0, 0.1) is 5.82 Å². The third kappa shape index (κ3) is 6.04. The molecule has 0 aliphatic rings. The number of hydrogen-bond donors (Lipinski definition) is 1. The molecule has 4 aromatic rings. The minimum Gasteiger partial charge on any atom is -0.493 e. The van der Waals surface area contributed by atoms with E-state index >= 15 is 0 Å². The van der Waals surface area contributed by atoms with Crippen LogP contribution < -0.4 is 19.0 Å². The van der Waals surface area contributed by atoms with E-state index in [2.05, 4.69) is 9.71 Å². The van der Waals surface area contributed by atoms with Crippen molar-refractivity contribution in [3.63, 3.8) is 0 Å². The zero-order chi connectivity index (χ0) is 27.3. The molecule has 0 aliphatic carbocycles. The molecule has 0 aliphatic heterocycles. The smallest absolute Gasteiger partial charge is 0.279 e. The van der Waals surface area contributed by atoms with Crippen molar-refractivity contribution in [1.29, 1.82) is 0 Å². The molecule has 3 aromatic carbocycles. The zero-order valence-electron chi connectivity index (χ0n) is 20.9. The zero-order valence-corrected chi connectivity index (χ0v) is 22.6. The maximum atomic E-state index is 13.2. The molecule has 1 aromatic heterocycles. The van der Waals surface area contributed by atoms with Gasteiger partial charge >= 0.3 is 0 Å². The number of sulfonamides is 1. The summed E-state index contributed by atoms with van der Waals surface area (Å²) in [5.74, 6) is -0.00236. The number of methoxy groups -OCH3 is 2. The fraction of sp³-hybridized carbons (Fsp3) is 0.231. The van der Waals surface area contributed by atoms with E-state index < -0.39 is 21.7 Å². The summed E-state index contributed by atoms with van der Waals surface area (Å²) in [7, 11) is -0.883. The van der Waals surface area contributed by atoms with Gasteiger partial charge in [0.2, 0.25) is 0 Å². The molecule has 0 unspecified atom stereocenters. The summed E-state index contributed by atoms with van der Waals surface area (Å²) < 4.78 is 60.1. The van der Waals surface area contributed by atoms with Crippen LogP contribution in [0.25, 0.3) is 10.2 Å². The third-order valence-electron chi connectivity index (χ3n) is 5.53. The number of nitrogens with one attached hydrogen (secondary N) is 1. The molecule has 9 nitrogen and oxygen atoms in total. The van der Waals surface area contributed by atoms with Crippen LogP contribution >= 0.6 is 11.3 Å². The van der Waals surface area contributed by atoms with Crippen molar-refractivity contribution in [3.05, 3.63) is 76.8 Å². The van der Waals surface area contributed by atoms with Gasteiger partial charge in [-0.1, -0.05) is 17.4 Å². The summed E-state index contributed by atoms with van der Waals surface area (Å²) in [4.78, 5) is 17.9. The average molecular weight is 560 g/mol. The van der Waals surface area contributed by atoms with Gasteiger partial charge in [-0.25, -0.2) is 12.8 Å². The molecule has 0 atom stereocenters. The molecular formula is C26H26FN3O6S2. The first-order valence-electron chi connectivity index (χ1n) is 11.6. The minimum atomic E-state index is -3.98. The highest BCUT2D eigenvalue weighted by Crippen LogP contribution is 2.33. The molecule has 0 saturated heterocycles. The summed E-state index contributed by atoms with van der Waals surface area (Å²) in [5.41, 5.74) is 1.17. The first-order chi connectivity index (χ1) is 18.2. The van der Waals surface area contributed by atoms with Crippen LogP contribution in [0.3, 0.4) is 0 Å². The summed E-state index contributed by atoms with van der Waals surface area (Å²) in [6, 6.07) is 14.1. The van der Waals surface area contributed by atoms with Gasteiger partial charge in [0.05, 0.1) is 35.9 Å². The number of amides is 1. The number of fused-ring (bicyclic) bond motifs is 1. The number of halogens is 1. The number of carbonyl (C=O) groups is 1. The molecule has 0 fully saturated rings. The molecule has 1 heterocycles. The van der Waals surface area contributed by atoms with Gasteiger partial charge < -0.3 is 18.8 Å². The van der Waals surface area contributed by atoms with Gasteiger partial charge in [-0.05, 0) is 49.4 Å². The van der Waals surface area contributed by atoms with Crippen molar-refractivity contribution in [2.24, 2.45) is 4.99 Å². The highest BCUT2D eigenvalue weighted by Gasteiger charge is 2.17. The van der Waals surface area contributed by atoms with E-state index in [1.807, 2.05) is 23.6 Å². The standard InChI is InChI=1S/C26H26FN3O6S2/c1-4-36-13-12-30-21-15-22(34-2)23(35-3)16-24(21)37-26(30)28-25(31)17-6-5-7-19(14-17)29-38(32,33)20-10-8-18(27)9-11-20/h5-11,14-16,29H,4,12-13H2,1-3H3. The highest BCUT2D eigenvalue weighted by atomic mass is 32.2. The Morgan fingerprint density at radius 1 is 1.05 bits per heavy atom. The molecule has 1 amide bonds. The Morgan fingerprint density at radius 3 is 2.45 bits per heavy atom. The lowest BCUT2D eigenvalue weighted by atomic mass is 10.2.